The number of nitrogens with one attached hydrogen (secondary N) is 2. The topological polar surface area (TPSA) is 66.6 Å². The van der Waals surface area contributed by atoms with Crippen molar-refractivity contribution in [3.63, 3.8) is 0 Å². The molecular weight excluding hydrogens is 421 g/mol. The van der Waals surface area contributed by atoms with Crippen LogP contribution in [0.1, 0.15) is 5.76 Å². The van der Waals surface area contributed by atoms with Crippen LogP contribution < -0.4 is 10.7 Å². The number of hydrogen-bond acceptors (Lipinski definition) is 4. The minimum atomic E-state index is -0.272. The Morgan fingerprint density at radius 3 is 2.70 bits per heavy atom. The first-order valence-corrected chi connectivity index (χ1v) is 9.94. The minimum absolute atomic E-state index is 0.0924. The van der Waals surface area contributed by atoms with Gasteiger partial charge in [-0.3, -0.25) is 4.79 Å². The number of anilines is 1. The Balaban J connectivity index is 1.34. The van der Waals surface area contributed by atoms with Gasteiger partial charge in [0.1, 0.15) is 11.5 Å². The molecule has 0 fully saturated rings. The summed E-state index contributed by atoms with van der Waals surface area (Å²) in [6.45, 7) is 0.0924. The number of hydrazone groups is 1. The minimum Gasteiger partial charge on any atom is -0.455 e. The predicted octanol–water partition coefficient (Wildman–Crippen LogP) is 5.97. The highest BCUT2D eigenvalue weighted by Crippen LogP contribution is 2.31. The first kappa shape index (κ1) is 20.0. The lowest BCUT2D eigenvalue weighted by Crippen LogP contribution is -2.25. The van der Waals surface area contributed by atoms with Crippen molar-refractivity contribution >= 4 is 51.8 Å². The molecule has 30 heavy (non-hydrogen) atoms. The summed E-state index contributed by atoms with van der Waals surface area (Å²) in [5, 5.41) is 10.3. The third kappa shape index (κ3) is 4.64. The number of rotatable bonds is 6. The second-order valence-electron chi connectivity index (χ2n) is 6.50. The molecule has 1 aromatic heterocycles. The molecule has 0 radical (unpaired) electrons. The van der Waals surface area contributed by atoms with Crippen molar-refractivity contribution in [1.29, 1.82) is 0 Å². The number of fused-ring (bicyclic) bond motifs is 1. The summed E-state index contributed by atoms with van der Waals surface area (Å²) in [6, 6.07) is 22.6. The van der Waals surface area contributed by atoms with Crippen molar-refractivity contribution in [2.24, 2.45) is 5.10 Å². The van der Waals surface area contributed by atoms with E-state index in [1.807, 2.05) is 42.5 Å². The van der Waals surface area contributed by atoms with Gasteiger partial charge >= 0.3 is 0 Å². The number of nitrogens with zero attached hydrogens (tertiary/aromatic N) is 1. The van der Waals surface area contributed by atoms with Crippen molar-refractivity contribution in [3.8, 4) is 11.3 Å². The number of furan rings is 1. The molecule has 0 spiro atoms. The standard InChI is InChI=1S/C23H17Cl2N3O2/c24-16-8-10-19(20(25)12-16)22-11-9-17(30-22)13-27-28-23(29)14-26-21-7-3-5-15-4-1-2-6-18(15)21/h1-13,26H,14H2,(H,28,29)/b27-13-. The Kier molecular flexibility index (Phi) is 6.02. The zero-order chi connectivity index (χ0) is 20.9. The summed E-state index contributed by atoms with van der Waals surface area (Å²) < 4.78 is 5.71. The van der Waals surface area contributed by atoms with Gasteiger partial charge in [-0.25, -0.2) is 5.43 Å². The molecule has 0 unspecified atom stereocenters. The first-order valence-electron chi connectivity index (χ1n) is 9.19. The summed E-state index contributed by atoms with van der Waals surface area (Å²) in [4.78, 5) is 12.1. The Morgan fingerprint density at radius 1 is 1.00 bits per heavy atom. The molecule has 2 N–H and O–H groups in total. The largest absolute Gasteiger partial charge is 0.455 e. The van der Waals surface area contributed by atoms with Crippen LogP contribution in [0.4, 0.5) is 5.69 Å². The van der Waals surface area contributed by atoms with E-state index in [-0.39, 0.29) is 12.5 Å². The quantitative estimate of drug-likeness (QED) is 0.288. The SMILES string of the molecule is O=C(CNc1cccc2ccccc12)N/N=C\c1ccc(-c2ccc(Cl)cc2Cl)o1. The molecule has 0 aliphatic rings. The summed E-state index contributed by atoms with van der Waals surface area (Å²) in [5.74, 6) is 0.798. The average Bonchev–Trinajstić information content (AvgIpc) is 3.20. The molecule has 7 heteroatoms. The summed E-state index contributed by atoms with van der Waals surface area (Å²) in [5.41, 5.74) is 4.10. The van der Waals surface area contributed by atoms with Gasteiger partial charge in [-0.15, -0.1) is 0 Å². The van der Waals surface area contributed by atoms with Crippen LogP contribution in [0, 0.1) is 0 Å². The number of halogens is 2. The lowest BCUT2D eigenvalue weighted by atomic mass is 10.1. The molecular formula is C23H17Cl2N3O2. The third-order valence-corrected chi connectivity index (χ3v) is 4.98. The highest BCUT2D eigenvalue weighted by molar-refractivity contribution is 6.36. The van der Waals surface area contributed by atoms with Crippen molar-refractivity contribution < 1.29 is 9.21 Å². The molecule has 5 nitrogen and oxygen atoms in total. The van der Waals surface area contributed by atoms with E-state index < -0.39 is 0 Å². The number of hydrogen-bond donors (Lipinski definition) is 2. The highest BCUT2D eigenvalue weighted by atomic mass is 35.5. The Morgan fingerprint density at radius 2 is 1.83 bits per heavy atom. The van der Waals surface area contributed by atoms with E-state index in [9.17, 15) is 4.79 Å². The van der Waals surface area contributed by atoms with E-state index in [4.69, 9.17) is 27.6 Å². The number of carbonyl (C=O) groups is 1. The zero-order valence-electron chi connectivity index (χ0n) is 15.7. The maximum absolute atomic E-state index is 12.1. The fourth-order valence-electron chi connectivity index (χ4n) is 3.02. The molecule has 0 aliphatic heterocycles. The second-order valence-corrected chi connectivity index (χ2v) is 7.34. The van der Waals surface area contributed by atoms with Gasteiger partial charge in [0.2, 0.25) is 0 Å². The van der Waals surface area contributed by atoms with Crippen molar-refractivity contribution in [2.75, 3.05) is 11.9 Å². The lowest BCUT2D eigenvalue weighted by Gasteiger charge is -2.08. The van der Waals surface area contributed by atoms with E-state index in [2.05, 4.69) is 15.8 Å². The van der Waals surface area contributed by atoms with E-state index in [0.29, 0.717) is 21.6 Å². The highest BCUT2D eigenvalue weighted by Gasteiger charge is 2.09. The van der Waals surface area contributed by atoms with E-state index in [1.54, 1.807) is 30.3 Å². The van der Waals surface area contributed by atoms with Gasteiger partial charge in [0.05, 0.1) is 17.8 Å². The van der Waals surface area contributed by atoms with Gasteiger partial charge in [0, 0.05) is 21.7 Å². The van der Waals surface area contributed by atoms with E-state index in [1.165, 1.54) is 6.21 Å². The first-order chi connectivity index (χ1) is 14.6. The second kappa shape index (κ2) is 9.03. The molecule has 0 saturated carbocycles. The van der Waals surface area contributed by atoms with Gasteiger partial charge < -0.3 is 9.73 Å². The molecule has 4 aromatic rings. The number of amides is 1. The number of carbonyl (C=O) groups excluding carboxylic acids is 1. The molecule has 4 rings (SSSR count). The molecule has 0 aliphatic carbocycles. The summed E-state index contributed by atoms with van der Waals surface area (Å²) in [7, 11) is 0. The van der Waals surface area contributed by atoms with Gasteiger partial charge in [0.15, 0.2) is 0 Å². The maximum Gasteiger partial charge on any atom is 0.259 e. The molecule has 150 valence electrons. The molecule has 0 bridgehead atoms. The maximum atomic E-state index is 12.1. The molecule has 0 atom stereocenters. The van der Waals surface area contributed by atoms with E-state index in [0.717, 1.165) is 22.0 Å². The lowest BCUT2D eigenvalue weighted by molar-refractivity contribution is -0.119. The predicted molar refractivity (Wildman–Crippen MR) is 122 cm³/mol. The van der Waals surface area contributed by atoms with Gasteiger partial charge in [-0.1, -0.05) is 59.6 Å². The van der Waals surface area contributed by atoms with Crippen LogP contribution in [-0.2, 0) is 4.79 Å². The van der Waals surface area contributed by atoms with Gasteiger partial charge in [0.25, 0.3) is 5.91 Å². The molecule has 0 saturated heterocycles. The molecule has 1 amide bonds. The molecule has 3 aromatic carbocycles. The smallest absolute Gasteiger partial charge is 0.259 e. The van der Waals surface area contributed by atoms with Crippen LogP contribution >= 0.6 is 23.2 Å². The van der Waals surface area contributed by atoms with Crippen LogP contribution in [0.25, 0.3) is 22.1 Å². The van der Waals surface area contributed by atoms with Gasteiger partial charge in [-0.2, -0.15) is 5.10 Å². The Labute approximate surface area is 183 Å². The number of benzene rings is 3. The summed E-state index contributed by atoms with van der Waals surface area (Å²) >= 11 is 12.1. The van der Waals surface area contributed by atoms with Crippen LogP contribution in [0.15, 0.2) is 82.3 Å². The molecule has 1 heterocycles. The van der Waals surface area contributed by atoms with E-state index >= 15 is 0 Å². The average molecular weight is 438 g/mol. The van der Waals surface area contributed by atoms with Gasteiger partial charge in [-0.05, 0) is 41.8 Å². The Hall–Kier alpha value is -3.28. The normalized spacial score (nSPS) is 11.1. The zero-order valence-corrected chi connectivity index (χ0v) is 17.2. The fourth-order valence-corrected chi connectivity index (χ4v) is 3.52. The van der Waals surface area contributed by atoms with Crippen molar-refractivity contribution in [2.45, 2.75) is 0 Å². The van der Waals surface area contributed by atoms with Crippen LogP contribution in [0.3, 0.4) is 0 Å². The summed E-state index contributed by atoms with van der Waals surface area (Å²) in [6.07, 6.45) is 1.43. The third-order valence-electron chi connectivity index (χ3n) is 4.43. The fraction of sp³-hybridized carbons (Fsp3) is 0.0435. The van der Waals surface area contributed by atoms with Crippen LogP contribution in [-0.4, -0.2) is 18.7 Å². The Bertz CT molecular complexity index is 1230. The van der Waals surface area contributed by atoms with Crippen LogP contribution in [0.5, 0.6) is 0 Å². The van der Waals surface area contributed by atoms with Crippen molar-refractivity contribution in [1.82, 2.24) is 5.43 Å². The van der Waals surface area contributed by atoms with Crippen LogP contribution in [0.2, 0.25) is 10.0 Å². The monoisotopic (exact) mass is 437 g/mol. The van der Waals surface area contributed by atoms with Crippen molar-refractivity contribution in [3.05, 3.63) is 88.6 Å².